The van der Waals surface area contributed by atoms with Crippen molar-refractivity contribution in [1.29, 1.82) is 0 Å². The molecule has 10 atom stereocenters. The lowest BCUT2D eigenvalue weighted by Gasteiger charge is -2.47. The second-order valence-corrected chi connectivity index (χ2v) is 9.51. The molecule has 0 spiro atoms. The molecule has 1 aliphatic rings. The maximum atomic E-state index is 12.2. The average Bonchev–Trinajstić information content (AvgIpc) is 2.91. The van der Waals surface area contributed by atoms with Crippen LogP contribution in [0.2, 0.25) is 0 Å². The molecule has 0 amide bonds. The molecule has 1 fully saturated rings. The average molecular weight is 584 g/mol. The fourth-order valence-corrected chi connectivity index (χ4v) is 4.91. The molecule has 236 valence electrons. The zero-order valence-electron chi connectivity index (χ0n) is 25.6. The lowest BCUT2D eigenvalue weighted by Crippen LogP contribution is -2.65. The van der Waals surface area contributed by atoms with E-state index in [1.807, 2.05) is 19.0 Å². The largest absolute Gasteiger partial charge is 0.463 e. The minimum absolute atomic E-state index is 0.0604. The van der Waals surface area contributed by atoms with E-state index in [1.165, 1.54) is 42.3 Å². The summed E-state index contributed by atoms with van der Waals surface area (Å²) in [5.74, 6) is -1.05. The molecule has 1 saturated heterocycles. The molecule has 0 saturated carbocycles. The van der Waals surface area contributed by atoms with Gasteiger partial charge < -0.3 is 52.1 Å². The highest BCUT2D eigenvalue weighted by Gasteiger charge is 2.49. The summed E-state index contributed by atoms with van der Waals surface area (Å²) < 4.78 is 62.9. The first-order chi connectivity index (χ1) is 19.0. The summed E-state index contributed by atoms with van der Waals surface area (Å²) in [6.07, 6.45) is -6.35. The Kier molecular flexibility index (Phi) is 17.2. The van der Waals surface area contributed by atoms with Crippen molar-refractivity contribution in [1.82, 2.24) is 4.90 Å². The molecule has 1 heterocycles. The Balaban J connectivity index is 3.29. The van der Waals surface area contributed by atoms with Crippen molar-refractivity contribution in [2.75, 3.05) is 83.7 Å². The number of likely N-dealkylation sites (N-methyl/N-ethyl adjacent to an activating group) is 1. The van der Waals surface area contributed by atoms with E-state index in [9.17, 15) is 9.59 Å². The van der Waals surface area contributed by atoms with Gasteiger partial charge in [-0.05, 0) is 14.1 Å². The highest BCUT2D eigenvalue weighted by atomic mass is 16.7. The minimum Gasteiger partial charge on any atom is -0.463 e. The Morgan fingerprint density at radius 2 is 1.32 bits per heavy atom. The number of esters is 2. The van der Waals surface area contributed by atoms with Crippen LogP contribution in [0.5, 0.6) is 0 Å². The van der Waals surface area contributed by atoms with Gasteiger partial charge in [0.05, 0.1) is 19.3 Å². The Morgan fingerprint density at radius 1 is 0.750 bits per heavy atom. The number of rotatable bonds is 19. The molecule has 0 N–H and O–H groups in total. The fourth-order valence-electron chi connectivity index (χ4n) is 4.91. The van der Waals surface area contributed by atoms with Gasteiger partial charge >= 0.3 is 11.9 Å². The number of carbonyl (C=O) groups is 2. The molecule has 0 radical (unpaired) electrons. The van der Waals surface area contributed by atoms with Crippen LogP contribution in [-0.2, 0) is 61.7 Å². The van der Waals surface area contributed by atoms with Crippen LogP contribution in [0.3, 0.4) is 0 Å². The molecule has 14 nitrogen and oxygen atoms in total. The number of ether oxygens (including phenoxy) is 11. The van der Waals surface area contributed by atoms with E-state index in [0.717, 1.165) is 0 Å². The van der Waals surface area contributed by atoms with E-state index < -0.39 is 67.1 Å². The van der Waals surface area contributed by atoms with Gasteiger partial charge in [-0.15, -0.1) is 0 Å². The van der Waals surface area contributed by atoms with Crippen molar-refractivity contribution < 1.29 is 61.7 Å². The van der Waals surface area contributed by atoms with Crippen LogP contribution in [0.25, 0.3) is 0 Å². The summed E-state index contributed by atoms with van der Waals surface area (Å²) in [5.41, 5.74) is 0. The topological polar surface area (TPSA) is 139 Å². The van der Waals surface area contributed by atoms with Crippen molar-refractivity contribution >= 4 is 11.9 Å². The Morgan fingerprint density at radius 3 is 1.75 bits per heavy atom. The standard InChI is InChI=1S/C26H49NO13/c1-15(28)37-13-17(31-6)21(33-8)25(36-11)23(39-16(2)29)18(32-7)14-38-26-20(27(3)4)24(35-10)22(34-9)19(40-26)12-30-5/h17-26H,12-14H2,1-11H3. The van der Waals surface area contributed by atoms with Gasteiger partial charge in [0.1, 0.15) is 49.3 Å². The van der Waals surface area contributed by atoms with Crippen molar-refractivity contribution in [3.8, 4) is 0 Å². The first kappa shape index (κ1) is 36.6. The summed E-state index contributed by atoms with van der Waals surface area (Å²) in [4.78, 5) is 25.5. The first-order valence-electron chi connectivity index (χ1n) is 12.9. The second kappa shape index (κ2) is 18.9. The molecule has 0 aromatic rings. The Labute approximate surface area is 237 Å². The van der Waals surface area contributed by atoms with Gasteiger partial charge in [-0.1, -0.05) is 0 Å². The molecular weight excluding hydrogens is 534 g/mol. The van der Waals surface area contributed by atoms with Gasteiger partial charge in [-0.3, -0.25) is 14.5 Å². The van der Waals surface area contributed by atoms with Crippen molar-refractivity contribution in [3.63, 3.8) is 0 Å². The summed E-state index contributed by atoms with van der Waals surface area (Å²) in [5, 5.41) is 0. The second-order valence-electron chi connectivity index (χ2n) is 9.51. The van der Waals surface area contributed by atoms with Gasteiger partial charge in [0.2, 0.25) is 0 Å². The molecule has 14 heteroatoms. The van der Waals surface area contributed by atoms with Gasteiger partial charge in [0.15, 0.2) is 12.4 Å². The van der Waals surface area contributed by atoms with Gasteiger partial charge in [-0.25, -0.2) is 0 Å². The summed E-state index contributed by atoms with van der Waals surface area (Å²) in [6, 6.07) is -0.362. The molecule has 1 rings (SSSR count). The quantitative estimate of drug-likeness (QED) is 0.187. The van der Waals surface area contributed by atoms with E-state index in [-0.39, 0.29) is 25.9 Å². The third-order valence-electron chi connectivity index (χ3n) is 6.79. The molecule has 0 aromatic heterocycles. The highest BCUT2D eigenvalue weighted by molar-refractivity contribution is 5.66. The number of methoxy groups -OCH3 is 7. The molecule has 0 aromatic carbocycles. The lowest BCUT2D eigenvalue weighted by atomic mass is 9.95. The Bertz CT molecular complexity index is 727. The summed E-state index contributed by atoms with van der Waals surface area (Å²) in [7, 11) is 14.3. The zero-order chi connectivity index (χ0) is 30.4. The molecular formula is C26H49NO13. The smallest absolute Gasteiger partial charge is 0.303 e. The van der Waals surface area contributed by atoms with Gasteiger partial charge in [-0.2, -0.15) is 0 Å². The van der Waals surface area contributed by atoms with Crippen LogP contribution < -0.4 is 0 Å². The summed E-state index contributed by atoms with van der Waals surface area (Å²) in [6.45, 7) is 2.65. The van der Waals surface area contributed by atoms with Crippen LogP contribution in [0, 0.1) is 0 Å². The van der Waals surface area contributed by atoms with Crippen molar-refractivity contribution in [3.05, 3.63) is 0 Å². The SMILES string of the molecule is COCC1OC(OCC(OC)C(OC(C)=O)C(OC)C(OC)C(COC(C)=O)OC)C(N(C)C)C(OC)C1OC. The maximum Gasteiger partial charge on any atom is 0.303 e. The van der Waals surface area contributed by atoms with Crippen LogP contribution >= 0.6 is 0 Å². The van der Waals surface area contributed by atoms with Crippen LogP contribution in [0.15, 0.2) is 0 Å². The normalized spacial score (nSPS) is 27.1. The third kappa shape index (κ3) is 10.1. The molecule has 1 aliphatic heterocycles. The number of hydrogen-bond donors (Lipinski definition) is 0. The van der Waals surface area contributed by atoms with Gasteiger partial charge in [0, 0.05) is 63.6 Å². The monoisotopic (exact) mass is 583 g/mol. The molecule has 0 bridgehead atoms. The van der Waals surface area contributed by atoms with Crippen molar-refractivity contribution in [2.24, 2.45) is 0 Å². The van der Waals surface area contributed by atoms with E-state index in [1.54, 1.807) is 21.3 Å². The maximum absolute atomic E-state index is 12.2. The number of nitrogens with zero attached hydrogens (tertiary/aromatic N) is 1. The zero-order valence-corrected chi connectivity index (χ0v) is 25.6. The Hall–Kier alpha value is -1.46. The van der Waals surface area contributed by atoms with Crippen molar-refractivity contribution in [2.45, 2.75) is 75.0 Å². The van der Waals surface area contributed by atoms with Crippen LogP contribution in [-0.4, -0.2) is 162 Å². The van der Waals surface area contributed by atoms with E-state index in [0.29, 0.717) is 0 Å². The predicted octanol–water partition coefficient (Wildman–Crippen LogP) is -0.111. The van der Waals surface area contributed by atoms with Crippen LogP contribution in [0.1, 0.15) is 13.8 Å². The van der Waals surface area contributed by atoms with E-state index in [4.69, 9.17) is 52.1 Å². The number of carbonyl (C=O) groups excluding carboxylic acids is 2. The lowest BCUT2D eigenvalue weighted by molar-refractivity contribution is -0.299. The van der Waals surface area contributed by atoms with E-state index in [2.05, 4.69) is 0 Å². The third-order valence-corrected chi connectivity index (χ3v) is 6.79. The molecule has 40 heavy (non-hydrogen) atoms. The highest BCUT2D eigenvalue weighted by Crippen LogP contribution is 2.30. The van der Waals surface area contributed by atoms with E-state index >= 15 is 0 Å². The number of hydrogen-bond acceptors (Lipinski definition) is 14. The fraction of sp³-hybridized carbons (Fsp3) is 0.923. The van der Waals surface area contributed by atoms with Crippen LogP contribution in [0.4, 0.5) is 0 Å². The minimum atomic E-state index is -1.01. The molecule has 10 unspecified atom stereocenters. The molecule has 0 aliphatic carbocycles. The summed E-state index contributed by atoms with van der Waals surface area (Å²) >= 11 is 0. The van der Waals surface area contributed by atoms with Gasteiger partial charge in [0.25, 0.3) is 0 Å². The predicted molar refractivity (Wildman–Crippen MR) is 141 cm³/mol. The first-order valence-corrected chi connectivity index (χ1v) is 12.9.